The van der Waals surface area contributed by atoms with Gasteiger partial charge in [-0.05, 0) is 42.0 Å². The minimum atomic E-state index is -0.350. The highest BCUT2D eigenvalue weighted by Crippen LogP contribution is 2.41. The molecule has 3 aromatic rings. The third-order valence-electron chi connectivity index (χ3n) is 4.85. The van der Waals surface area contributed by atoms with Crippen LogP contribution in [-0.2, 0) is 11.3 Å². The molecule has 2 aromatic carbocycles. The SMILES string of the molecule is CONC(=O)c1ccc2c(c1)OCCc1cc(C(=O)N(C)c3ccccc3Cl)sc1-2. The van der Waals surface area contributed by atoms with E-state index in [0.29, 0.717) is 39.9 Å². The molecule has 0 radical (unpaired) electrons. The molecule has 2 amide bonds. The maximum Gasteiger partial charge on any atom is 0.274 e. The highest BCUT2D eigenvalue weighted by atomic mass is 35.5. The number of hydrogen-bond acceptors (Lipinski definition) is 5. The summed E-state index contributed by atoms with van der Waals surface area (Å²) in [5, 5.41) is 0.520. The van der Waals surface area contributed by atoms with Gasteiger partial charge in [0.2, 0.25) is 0 Å². The molecule has 30 heavy (non-hydrogen) atoms. The molecular weight excluding hydrogens is 424 g/mol. The van der Waals surface area contributed by atoms with Crippen molar-refractivity contribution in [1.82, 2.24) is 5.48 Å². The summed E-state index contributed by atoms with van der Waals surface area (Å²) in [6, 6.07) is 14.4. The topological polar surface area (TPSA) is 67.9 Å². The average molecular weight is 443 g/mol. The van der Waals surface area contributed by atoms with Crippen molar-refractivity contribution in [2.45, 2.75) is 6.42 Å². The van der Waals surface area contributed by atoms with Gasteiger partial charge in [-0.3, -0.25) is 14.4 Å². The second-order valence-corrected chi connectivity index (χ2v) is 8.18. The van der Waals surface area contributed by atoms with E-state index in [-0.39, 0.29) is 11.8 Å². The van der Waals surface area contributed by atoms with Gasteiger partial charge >= 0.3 is 0 Å². The molecule has 1 aliphatic rings. The Kier molecular flexibility index (Phi) is 5.76. The van der Waals surface area contributed by atoms with E-state index in [0.717, 1.165) is 16.0 Å². The van der Waals surface area contributed by atoms with E-state index in [2.05, 4.69) is 5.48 Å². The minimum absolute atomic E-state index is 0.125. The molecule has 0 bridgehead atoms. The maximum absolute atomic E-state index is 13.1. The molecule has 2 heterocycles. The van der Waals surface area contributed by atoms with E-state index in [1.165, 1.54) is 18.4 Å². The molecule has 0 saturated carbocycles. The number of rotatable bonds is 4. The summed E-state index contributed by atoms with van der Waals surface area (Å²) in [5.74, 6) is 0.134. The van der Waals surface area contributed by atoms with Gasteiger partial charge in [-0.1, -0.05) is 23.7 Å². The fourth-order valence-electron chi connectivity index (χ4n) is 3.34. The van der Waals surface area contributed by atoms with E-state index in [9.17, 15) is 9.59 Å². The molecule has 0 saturated heterocycles. The van der Waals surface area contributed by atoms with Gasteiger partial charge in [0.05, 0.1) is 29.3 Å². The molecule has 8 heteroatoms. The second kappa shape index (κ2) is 8.47. The van der Waals surface area contributed by atoms with Crippen LogP contribution < -0.4 is 15.1 Å². The first kappa shape index (κ1) is 20.4. The Hall–Kier alpha value is -2.87. The second-order valence-electron chi connectivity index (χ2n) is 6.73. The van der Waals surface area contributed by atoms with Crippen molar-refractivity contribution in [3.63, 3.8) is 0 Å². The predicted octanol–water partition coefficient (Wildman–Crippen LogP) is 4.57. The number of hydroxylamine groups is 1. The molecule has 1 aromatic heterocycles. The number of hydrogen-bond donors (Lipinski definition) is 1. The molecule has 1 aliphatic heterocycles. The van der Waals surface area contributed by atoms with Crippen LogP contribution in [0.15, 0.2) is 48.5 Å². The van der Waals surface area contributed by atoms with Gasteiger partial charge in [-0.15, -0.1) is 11.3 Å². The number of amides is 2. The van der Waals surface area contributed by atoms with Crippen LogP contribution in [0.1, 0.15) is 25.6 Å². The van der Waals surface area contributed by atoms with Gasteiger partial charge in [-0.2, -0.15) is 0 Å². The zero-order chi connectivity index (χ0) is 21.3. The van der Waals surface area contributed by atoms with Crippen molar-refractivity contribution in [3.05, 3.63) is 69.6 Å². The van der Waals surface area contributed by atoms with Crippen LogP contribution in [0.4, 0.5) is 5.69 Å². The van der Waals surface area contributed by atoms with Crippen LogP contribution >= 0.6 is 22.9 Å². The molecule has 0 unspecified atom stereocenters. The number of halogens is 1. The Morgan fingerprint density at radius 1 is 1.20 bits per heavy atom. The van der Waals surface area contributed by atoms with Gasteiger partial charge in [0.1, 0.15) is 5.75 Å². The number of nitrogens with one attached hydrogen (secondary N) is 1. The Balaban J connectivity index is 1.68. The number of ether oxygens (including phenoxy) is 1. The first-order valence-electron chi connectivity index (χ1n) is 9.25. The number of carbonyl (C=O) groups is 2. The van der Waals surface area contributed by atoms with E-state index >= 15 is 0 Å². The number of fused-ring (bicyclic) bond motifs is 3. The fourth-order valence-corrected chi connectivity index (χ4v) is 4.82. The lowest BCUT2D eigenvalue weighted by Crippen LogP contribution is -2.25. The van der Waals surface area contributed by atoms with Crippen LogP contribution in [0.3, 0.4) is 0 Å². The highest BCUT2D eigenvalue weighted by molar-refractivity contribution is 7.17. The number of para-hydroxylation sites is 1. The zero-order valence-corrected chi connectivity index (χ0v) is 18.0. The van der Waals surface area contributed by atoms with Gasteiger partial charge in [-0.25, -0.2) is 5.48 Å². The molecular formula is C22H19ClN2O4S. The number of carbonyl (C=O) groups excluding carboxylic acids is 2. The largest absolute Gasteiger partial charge is 0.493 e. The fraction of sp³-hybridized carbons (Fsp3) is 0.182. The van der Waals surface area contributed by atoms with Crippen LogP contribution in [-0.4, -0.2) is 32.6 Å². The Labute approximate surface area is 182 Å². The Morgan fingerprint density at radius 2 is 2.00 bits per heavy atom. The van der Waals surface area contributed by atoms with Gasteiger partial charge in [0.15, 0.2) is 0 Å². The van der Waals surface area contributed by atoms with Crippen LogP contribution in [0.25, 0.3) is 10.4 Å². The summed E-state index contributed by atoms with van der Waals surface area (Å²) in [4.78, 5) is 33.0. The zero-order valence-electron chi connectivity index (χ0n) is 16.4. The number of thiophene rings is 1. The summed E-state index contributed by atoms with van der Waals surface area (Å²) in [7, 11) is 3.10. The highest BCUT2D eigenvalue weighted by Gasteiger charge is 2.24. The van der Waals surface area contributed by atoms with Crippen molar-refractivity contribution >= 4 is 40.4 Å². The monoisotopic (exact) mass is 442 g/mol. The molecule has 0 fully saturated rings. The van der Waals surface area contributed by atoms with Crippen LogP contribution in [0.2, 0.25) is 5.02 Å². The Morgan fingerprint density at radius 3 is 2.77 bits per heavy atom. The Bertz CT molecular complexity index is 1130. The lowest BCUT2D eigenvalue weighted by atomic mass is 10.1. The van der Waals surface area contributed by atoms with E-state index in [1.807, 2.05) is 30.3 Å². The summed E-state index contributed by atoms with van der Waals surface area (Å²) >= 11 is 7.67. The maximum atomic E-state index is 13.1. The number of benzene rings is 2. The predicted molar refractivity (Wildman–Crippen MR) is 118 cm³/mol. The van der Waals surface area contributed by atoms with Crippen LogP contribution in [0.5, 0.6) is 5.75 Å². The first-order valence-corrected chi connectivity index (χ1v) is 10.4. The molecule has 0 atom stereocenters. The van der Waals surface area contributed by atoms with Crippen LogP contribution in [0, 0.1) is 0 Å². The quantitative estimate of drug-likeness (QED) is 0.601. The summed E-state index contributed by atoms with van der Waals surface area (Å²) < 4.78 is 5.86. The van der Waals surface area contributed by atoms with E-state index in [4.69, 9.17) is 21.2 Å². The average Bonchev–Trinajstić information content (AvgIpc) is 3.09. The minimum Gasteiger partial charge on any atom is -0.493 e. The van der Waals surface area contributed by atoms with Crippen molar-refractivity contribution in [3.8, 4) is 16.2 Å². The van der Waals surface area contributed by atoms with Crippen molar-refractivity contribution in [2.75, 3.05) is 25.7 Å². The van der Waals surface area contributed by atoms with Crippen molar-refractivity contribution in [1.29, 1.82) is 0 Å². The molecule has 0 spiro atoms. The van der Waals surface area contributed by atoms with Gasteiger partial charge < -0.3 is 9.64 Å². The molecule has 4 rings (SSSR count). The van der Waals surface area contributed by atoms with Gasteiger partial charge in [0.25, 0.3) is 11.8 Å². The summed E-state index contributed by atoms with van der Waals surface area (Å²) in [6.45, 7) is 0.458. The summed E-state index contributed by atoms with van der Waals surface area (Å²) in [5.41, 5.74) is 5.30. The molecule has 154 valence electrons. The smallest absolute Gasteiger partial charge is 0.274 e. The molecule has 0 aliphatic carbocycles. The van der Waals surface area contributed by atoms with E-state index in [1.54, 1.807) is 30.1 Å². The number of nitrogens with zero attached hydrogens (tertiary/aromatic N) is 1. The third-order valence-corrected chi connectivity index (χ3v) is 6.37. The summed E-state index contributed by atoms with van der Waals surface area (Å²) in [6.07, 6.45) is 0.670. The van der Waals surface area contributed by atoms with Crippen molar-refractivity contribution in [2.24, 2.45) is 0 Å². The van der Waals surface area contributed by atoms with Crippen molar-refractivity contribution < 1.29 is 19.2 Å². The third kappa shape index (κ3) is 3.79. The molecule has 1 N–H and O–H groups in total. The van der Waals surface area contributed by atoms with Gasteiger partial charge in [0, 0.05) is 29.5 Å². The standard InChI is InChI=1S/C22H19ClN2O4S/c1-25(17-6-4-3-5-16(17)23)22(27)19-12-13-9-10-29-18-11-14(21(26)24-28-2)7-8-15(18)20(13)30-19/h3-8,11-12H,9-10H2,1-2H3,(H,24,26). The lowest BCUT2D eigenvalue weighted by molar-refractivity contribution is 0.0537. The van der Waals surface area contributed by atoms with E-state index < -0.39 is 0 Å². The number of anilines is 1. The normalized spacial score (nSPS) is 12.2. The first-order chi connectivity index (χ1) is 14.5. The molecule has 6 nitrogen and oxygen atoms in total. The lowest BCUT2D eigenvalue weighted by Gasteiger charge is -2.17.